The second kappa shape index (κ2) is 13.6. The van der Waals surface area contributed by atoms with Crippen molar-refractivity contribution in [1.82, 2.24) is 0 Å². The number of nitrogens with zero attached hydrogens (tertiary/aromatic N) is 2. The van der Waals surface area contributed by atoms with Gasteiger partial charge in [0.25, 0.3) is 0 Å². The molecule has 0 radical (unpaired) electrons. The van der Waals surface area contributed by atoms with E-state index in [9.17, 15) is 20.4 Å². The SMILES string of the molecule is C[N+](CCO)(CCO)[I-]CC[N+](CCO)(Cc1ccccc1)[I-]CCO. The van der Waals surface area contributed by atoms with Crippen molar-refractivity contribution in [2.75, 3.05) is 68.5 Å². The molecular formula is C18H34I2N2O4. The Morgan fingerprint density at radius 3 is 1.88 bits per heavy atom. The summed E-state index contributed by atoms with van der Waals surface area (Å²) in [5, 5.41) is 37.7. The van der Waals surface area contributed by atoms with Crippen LogP contribution in [0.4, 0.5) is 0 Å². The molecule has 0 heterocycles. The number of benzene rings is 1. The van der Waals surface area contributed by atoms with E-state index in [0.29, 0.717) is 13.1 Å². The van der Waals surface area contributed by atoms with E-state index in [1.165, 1.54) is 5.56 Å². The molecule has 0 aliphatic heterocycles. The van der Waals surface area contributed by atoms with Crippen molar-refractivity contribution >= 4 is 0 Å². The van der Waals surface area contributed by atoms with Crippen LogP contribution >= 0.6 is 0 Å². The summed E-state index contributed by atoms with van der Waals surface area (Å²) >= 11 is -0.518. The van der Waals surface area contributed by atoms with Crippen LogP contribution in [0.5, 0.6) is 0 Å². The number of quaternary nitrogens is 2. The number of hydrogen-bond donors (Lipinski definition) is 4. The number of aliphatic hydroxyl groups excluding tert-OH is 4. The molecule has 0 saturated carbocycles. The zero-order valence-electron chi connectivity index (χ0n) is 15.6. The summed E-state index contributed by atoms with van der Waals surface area (Å²) in [4.78, 5) is 0. The molecule has 1 aromatic carbocycles. The second-order valence-corrected chi connectivity index (χ2v) is 14.2. The van der Waals surface area contributed by atoms with Crippen molar-refractivity contribution in [3.8, 4) is 0 Å². The van der Waals surface area contributed by atoms with Crippen LogP contribution in [-0.2, 0) is 6.54 Å². The third-order valence-electron chi connectivity index (χ3n) is 4.22. The van der Waals surface area contributed by atoms with Crippen molar-refractivity contribution < 1.29 is 68.8 Å². The molecule has 0 saturated heterocycles. The van der Waals surface area contributed by atoms with Crippen molar-refractivity contribution in [1.29, 1.82) is 0 Å². The number of halogens is 2. The fraction of sp³-hybridized carbons (Fsp3) is 0.667. The zero-order valence-corrected chi connectivity index (χ0v) is 19.9. The Morgan fingerprint density at radius 1 is 0.731 bits per heavy atom. The standard InChI is InChI=1S/C18H34I2N2O4/c1-21(10-14-24,11-15-25)19-7-9-22(12-16-26,20-8-13-23)17-18-5-3-2-4-6-18/h2-6,23-26H,7-17H2,1H3. The summed E-state index contributed by atoms with van der Waals surface area (Å²) in [6, 6.07) is 10.4. The van der Waals surface area contributed by atoms with Crippen LogP contribution in [0.15, 0.2) is 30.3 Å². The molecule has 26 heavy (non-hydrogen) atoms. The fourth-order valence-electron chi connectivity index (χ4n) is 2.78. The molecule has 0 aliphatic rings. The Kier molecular flexibility index (Phi) is 12.8. The molecule has 0 spiro atoms. The normalized spacial score (nSPS) is 14.7. The Morgan fingerprint density at radius 2 is 1.35 bits per heavy atom. The molecule has 1 rings (SSSR count). The Hall–Kier alpha value is 0.440. The Bertz CT molecular complexity index is 476. The van der Waals surface area contributed by atoms with Crippen molar-refractivity contribution in [3.05, 3.63) is 35.9 Å². The number of aliphatic hydroxyl groups is 4. The van der Waals surface area contributed by atoms with Gasteiger partial charge in [0.2, 0.25) is 0 Å². The first-order valence-corrected chi connectivity index (χ1v) is 13.9. The summed E-state index contributed by atoms with van der Waals surface area (Å²) in [5.74, 6) is 0. The maximum atomic E-state index is 9.69. The van der Waals surface area contributed by atoms with Crippen LogP contribution in [-0.4, -0.2) is 94.3 Å². The van der Waals surface area contributed by atoms with E-state index in [1.807, 2.05) is 6.07 Å². The summed E-state index contributed by atoms with van der Waals surface area (Å²) in [6.45, 7) is 4.69. The van der Waals surface area contributed by atoms with Crippen LogP contribution < -0.4 is 43.0 Å². The predicted molar refractivity (Wildman–Crippen MR) is 94.1 cm³/mol. The predicted octanol–water partition coefficient (Wildman–Crippen LogP) is -6.57. The Balaban J connectivity index is 2.82. The quantitative estimate of drug-likeness (QED) is 0.0924. The van der Waals surface area contributed by atoms with Gasteiger partial charge in [-0.2, -0.15) is 0 Å². The van der Waals surface area contributed by atoms with Gasteiger partial charge in [-0.1, -0.05) is 0 Å². The summed E-state index contributed by atoms with van der Waals surface area (Å²) in [5.41, 5.74) is 1.28. The van der Waals surface area contributed by atoms with Gasteiger partial charge in [0.1, 0.15) is 0 Å². The van der Waals surface area contributed by atoms with E-state index in [4.69, 9.17) is 0 Å². The molecular weight excluding hydrogens is 562 g/mol. The molecule has 1 unspecified atom stereocenters. The van der Waals surface area contributed by atoms with Gasteiger partial charge in [-0.15, -0.1) is 0 Å². The molecule has 1 aromatic rings. The third kappa shape index (κ3) is 9.09. The van der Waals surface area contributed by atoms with Gasteiger partial charge >= 0.3 is 180 Å². The molecule has 0 fully saturated rings. The van der Waals surface area contributed by atoms with Gasteiger partial charge < -0.3 is 0 Å². The topological polar surface area (TPSA) is 80.9 Å². The average molecular weight is 596 g/mol. The Labute approximate surface area is 178 Å². The fourth-order valence-corrected chi connectivity index (χ4v) is 10.1. The number of rotatable bonds is 15. The molecule has 6 nitrogen and oxygen atoms in total. The van der Waals surface area contributed by atoms with Crippen LogP contribution in [0.25, 0.3) is 0 Å². The van der Waals surface area contributed by atoms with Crippen molar-refractivity contribution in [2.45, 2.75) is 6.54 Å². The van der Waals surface area contributed by atoms with Gasteiger partial charge in [0, 0.05) is 0 Å². The molecule has 0 bridgehead atoms. The van der Waals surface area contributed by atoms with E-state index < -0.39 is 0 Å². The minimum absolute atomic E-state index is 0.147. The third-order valence-corrected chi connectivity index (χ3v) is 11.5. The number of alkyl halides is 2. The van der Waals surface area contributed by atoms with Crippen molar-refractivity contribution in [2.24, 2.45) is 0 Å². The average Bonchev–Trinajstić information content (AvgIpc) is 2.61. The minimum atomic E-state index is -0.287. The molecule has 0 aromatic heterocycles. The van der Waals surface area contributed by atoms with E-state index in [2.05, 4.69) is 31.3 Å². The summed E-state index contributed by atoms with van der Waals surface area (Å²) in [6.07, 6.45) is 0. The number of likely N-dealkylation sites (N-methyl/N-ethyl adjacent to an activating group) is 1. The summed E-state index contributed by atoms with van der Waals surface area (Å²) in [7, 11) is 2.13. The van der Waals surface area contributed by atoms with Crippen LogP contribution in [0.1, 0.15) is 5.56 Å². The number of hydrogen-bond acceptors (Lipinski definition) is 4. The molecule has 8 heteroatoms. The monoisotopic (exact) mass is 596 g/mol. The molecule has 0 aliphatic carbocycles. The second-order valence-electron chi connectivity index (χ2n) is 6.34. The first-order chi connectivity index (χ1) is 12.5. The van der Waals surface area contributed by atoms with E-state index in [-0.39, 0.29) is 69.4 Å². The molecule has 1 atom stereocenters. The molecule has 0 amide bonds. The van der Waals surface area contributed by atoms with E-state index >= 15 is 0 Å². The van der Waals surface area contributed by atoms with Gasteiger partial charge in [0.15, 0.2) is 0 Å². The van der Waals surface area contributed by atoms with Gasteiger partial charge in [0.05, 0.1) is 0 Å². The maximum absolute atomic E-state index is 9.69. The van der Waals surface area contributed by atoms with Crippen LogP contribution in [0.2, 0.25) is 0 Å². The van der Waals surface area contributed by atoms with Gasteiger partial charge in [-0.3, -0.25) is 0 Å². The van der Waals surface area contributed by atoms with E-state index in [1.54, 1.807) is 0 Å². The van der Waals surface area contributed by atoms with Crippen molar-refractivity contribution in [3.63, 3.8) is 0 Å². The molecule has 154 valence electrons. The zero-order chi connectivity index (χ0) is 19.3. The van der Waals surface area contributed by atoms with Gasteiger partial charge in [-0.25, -0.2) is 0 Å². The first kappa shape index (κ1) is 24.5. The van der Waals surface area contributed by atoms with Crippen LogP contribution in [0.3, 0.4) is 0 Å². The molecule has 4 N–H and O–H groups in total. The van der Waals surface area contributed by atoms with Gasteiger partial charge in [-0.05, 0) is 0 Å². The van der Waals surface area contributed by atoms with Crippen LogP contribution in [0, 0.1) is 0 Å². The summed E-state index contributed by atoms with van der Waals surface area (Å²) < 4.78 is 3.57. The first-order valence-electron chi connectivity index (χ1n) is 8.93. The van der Waals surface area contributed by atoms with E-state index in [0.717, 1.165) is 33.9 Å².